The Morgan fingerprint density at radius 2 is 1.85 bits per heavy atom. The second-order valence-corrected chi connectivity index (χ2v) is 7.41. The Morgan fingerprint density at radius 3 is 2.42 bits per heavy atom. The molecule has 146 valence electrons. The summed E-state index contributed by atoms with van der Waals surface area (Å²) in [6, 6.07) is 6.46. The molecule has 1 aromatic carbocycles. The van der Waals surface area contributed by atoms with Crippen molar-refractivity contribution in [3.05, 3.63) is 34.9 Å². The fourth-order valence-corrected chi connectivity index (χ4v) is 2.89. The Labute approximate surface area is 157 Å². The summed E-state index contributed by atoms with van der Waals surface area (Å²) < 4.78 is 0. The van der Waals surface area contributed by atoms with E-state index in [0.29, 0.717) is 32.2 Å². The second kappa shape index (κ2) is 10.7. The SMILES string of the molecule is Cc1ccc(CCN(C)CC[C@](N)(CCCCB(O)O)C(=O)O)cc1C. The van der Waals surface area contributed by atoms with Crippen LogP contribution in [0.5, 0.6) is 0 Å². The highest BCUT2D eigenvalue weighted by Gasteiger charge is 2.33. The molecule has 0 bridgehead atoms. The summed E-state index contributed by atoms with van der Waals surface area (Å²) in [5.41, 5.74) is 8.67. The van der Waals surface area contributed by atoms with Crippen molar-refractivity contribution >= 4 is 13.1 Å². The molecule has 5 N–H and O–H groups in total. The minimum absolute atomic E-state index is 0.242. The van der Waals surface area contributed by atoms with Gasteiger partial charge in [0.05, 0.1) is 0 Å². The second-order valence-electron chi connectivity index (χ2n) is 7.41. The van der Waals surface area contributed by atoms with Crippen LogP contribution in [-0.2, 0) is 11.2 Å². The lowest BCUT2D eigenvalue weighted by Gasteiger charge is -2.27. The maximum Gasteiger partial charge on any atom is 0.451 e. The van der Waals surface area contributed by atoms with Gasteiger partial charge in [-0.15, -0.1) is 0 Å². The number of benzene rings is 1. The molecule has 26 heavy (non-hydrogen) atoms. The predicted molar refractivity (Wildman–Crippen MR) is 105 cm³/mol. The molecule has 0 saturated heterocycles. The van der Waals surface area contributed by atoms with E-state index in [1.165, 1.54) is 16.7 Å². The molecule has 6 nitrogen and oxygen atoms in total. The average Bonchev–Trinajstić information content (AvgIpc) is 2.57. The molecule has 1 atom stereocenters. The Bertz CT molecular complexity index is 583. The zero-order valence-electron chi connectivity index (χ0n) is 16.2. The van der Waals surface area contributed by atoms with Gasteiger partial charge in [-0.1, -0.05) is 31.0 Å². The van der Waals surface area contributed by atoms with Gasteiger partial charge in [-0.25, -0.2) is 0 Å². The minimum Gasteiger partial charge on any atom is -0.480 e. The van der Waals surface area contributed by atoms with E-state index < -0.39 is 18.6 Å². The van der Waals surface area contributed by atoms with Gasteiger partial charge in [-0.2, -0.15) is 0 Å². The molecule has 0 saturated carbocycles. The highest BCUT2D eigenvalue weighted by Crippen LogP contribution is 2.18. The van der Waals surface area contributed by atoms with Gasteiger partial charge in [-0.3, -0.25) is 4.79 Å². The number of aliphatic carboxylic acids is 1. The van der Waals surface area contributed by atoms with Crippen molar-refractivity contribution in [1.82, 2.24) is 4.90 Å². The molecule has 0 radical (unpaired) electrons. The zero-order valence-corrected chi connectivity index (χ0v) is 16.2. The standard InChI is InChI=1S/C19H33BN2O4/c1-15-6-7-17(14-16(15)2)8-12-22(3)13-10-19(21,18(23)24)9-4-5-11-20(25)26/h6-7,14,25-26H,4-5,8-13,21H2,1-3H3,(H,23,24)/t19-/m1/s1. The van der Waals surface area contributed by atoms with Gasteiger partial charge in [0.1, 0.15) is 5.54 Å². The van der Waals surface area contributed by atoms with Gasteiger partial charge < -0.3 is 25.8 Å². The lowest BCUT2D eigenvalue weighted by atomic mass is 9.81. The quantitative estimate of drug-likeness (QED) is 0.332. The smallest absolute Gasteiger partial charge is 0.451 e. The highest BCUT2D eigenvalue weighted by molar-refractivity contribution is 6.40. The summed E-state index contributed by atoms with van der Waals surface area (Å²) in [7, 11) is 0.634. The van der Waals surface area contributed by atoms with Crippen LogP contribution in [0.2, 0.25) is 6.32 Å². The summed E-state index contributed by atoms with van der Waals surface area (Å²) in [4.78, 5) is 13.7. The van der Waals surface area contributed by atoms with E-state index >= 15 is 0 Å². The molecular formula is C19H33BN2O4. The number of nitrogens with zero attached hydrogens (tertiary/aromatic N) is 1. The number of carboxylic acids is 1. The number of hydrogen-bond acceptors (Lipinski definition) is 5. The molecule has 0 heterocycles. The van der Waals surface area contributed by atoms with Crippen LogP contribution >= 0.6 is 0 Å². The van der Waals surface area contributed by atoms with Crippen LogP contribution in [0.3, 0.4) is 0 Å². The number of carbonyl (C=O) groups is 1. The Morgan fingerprint density at radius 1 is 1.15 bits per heavy atom. The van der Waals surface area contributed by atoms with Crippen molar-refractivity contribution in [3.8, 4) is 0 Å². The number of carboxylic acid groups (broad SMARTS) is 1. The summed E-state index contributed by atoms with van der Waals surface area (Å²) in [5.74, 6) is -0.996. The molecule has 0 unspecified atom stereocenters. The summed E-state index contributed by atoms with van der Waals surface area (Å²) in [5, 5.41) is 27.2. The normalized spacial score (nSPS) is 13.7. The monoisotopic (exact) mass is 364 g/mol. The van der Waals surface area contributed by atoms with Crippen LogP contribution in [0, 0.1) is 13.8 Å². The van der Waals surface area contributed by atoms with Crippen molar-refractivity contribution in [2.24, 2.45) is 5.73 Å². The van der Waals surface area contributed by atoms with Crippen molar-refractivity contribution < 1.29 is 19.9 Å². The molecular weight excluding hydrogens is 331 g/mol. The number of nitrogens with two attached hydrogens (primary N) is 1. The molecule has 1 rings (SSSR count). The molecule has 0 aliphatic heterocycles. The molecule has 0 spiro atoms. The van der Waals surface area contributed by atoms with Gasteiger partial charge >= 0.3 is 13.1 Å². The number of likely N-dealkylation sites (N-methyl/N-ethyl adjacent to an activating group) is 1. The van der Waals surface area contributed by atoms with E-state index in [1.54, 1.807) is 0 Å². The Balaban J connectivity index is 2.43. The van der Waals surface area contributed by atoms with Gasteiger partial charge in [0, 0.05) is 13.1 Å². The van der Waals surface area contributed by atoms with Crippen LogP contribution in [0.15, 0.2) is 18.2 Å². The fourth-order valence-electron chi connectivity index (χ4n) is 2.89. The molecule has 0 amide bonds. The van der Waals surface area contributed by atoms with E-state index in [-0.39, 0.29) is 6.32 Å². The number of aryl methyl sites for hydroxylation is 2. The molecule has 1 aromatic rings. The first-order valence-electron chi connectivity index (χ1n) is 9.27. The van der Waals surface area contributed by atoms with Crippen molar-refractivity contribution in [2.75, 3.05) is 20.1 Å². The van der Waals surface area contributed by atoms with Crippen LogP contribution in [0.25, 0.3) is 0 Å². The maximum atomic E-state index is 11.6. The van der Waals surface area contributed by atoms with E-state index in [2.05, 4.69) is 36.9 Å². The van der Waals surface area contributed by atoms with E-state index in [9.17, 15) is 9.90 Å². The predicted octanol–water partition coefficient (Wildman–Crippen LogP) is 1.59. The van der Waals surface area contributed by atoms with E-state index in [4.69, 9.17) is 15.8 Å². The third-order valence-corrected chi connectivity index (χ3v) is 5.05. The summed E-state index contributed by atoms with van der Waals surface area (Å²) >= 11 is 0. The molecule has 7 heteroatoms. The minimum atomic E-state index is -1.34. The Hall–Kier alpha value is -1.41. The van der Waals surface area contributed by atoms with Gasteiger partial charge in [-0.05, 0) is 63.2 Å². The lowest BCUT2D eigenvalue weighted by molar-refractivity contribution is -0.144. The number of unbranched alkanes of at least 4 members (excludes halogenated alkanes) is 1. The third-order valence-electron chi connectivity index (χ3n) is 5.05. The van der Waals surface area contributed by atoms with E-state index in [0.717, 1.165) is 13.0 Å². The van der Waals surface area contributed by atoms with Crippen molar-refractivity contribution in [1.29, 1.82) is 0 Å². The number of hydrogen-bond donors (Lipinski definition) is 4. The first-order chi connectivity index (χ1) is 12.1. The van der Waals surface area contributed by atoms with Crippen LogP contribution in [-0.4, -0.2) is 58.8 Å². The van der Waals surface area contributed by atoms with Crippen LogP contribution < -0.4 is 5.73 Å². The zero-order chi connectivity index (χ0) is 19.7. The van der Waals surface area contributed by atoms with Gasteiger partial charge in [0.25, 0.3) is 0 Å². The lowest BCUT2D eigenvalue weighted by Crippen LogP contribution is -2.50. The average molecular weight is 364 g/mol. The van der Waals surface area contributed by atoms with Gasteiger partial charge in [0.2, 0.25) is 0 Å². The van der Waals surface area contributed by atoms with Crippen LogP contribution in [0.1, 0.15) is 42.4 Å². The maximum absolute atomic E-state index is 11.6. The molecule has 0 aromatic heterocycles. The molecule has 0 aliphatic rings. The fraction of sp³-hybridized carbons (Fsp3) is 0.632. The largest absolute Gasteiger partial charge is 0.480 e. The topological polar surface area (TPSA) is 107 Å². The highest BCUT2D eigenvalue weighted by atomic mass is 16.4. The molecule has 0 fully saturated rings. The van der Waals surface area contributed by atoms with E-state index in [1.807, 2.05) is 7.05 Å². The first kappa shape index (κ1) is 22.6. The third kappa shape index (κ3) is 7.87. The molecule has 0 aliphatic carbocycles. The Kier molecular flexibility index (Phi) is 9.29. The van der Waals surface area contributed by atoms with Crippen molar-refractivity contribution in [3.63, 3.8) is 0 Å². The van der Waals surface area contributed by atoms with Gasteiger partial charge in [0.15, 0.2) is 0 Å². The summed E-state index contributed by atoms with van der Waals surface area (Å²) in [6.45, 7) is 5.65. The first-order valence-corrected chi connectivity index (χ1v) is 9.27. The van der Waals surface area contributed by atoms with Crippen molar-refractivity contribution in [2.45, 2.75) is 57.8 Å². The summed E-state index contributed by atoms with van der Waals surface area (Å²) in [6.07, 6.45) is 2.97. The van der Waals surface area contributed by atoms with Crippen LogP contribution in [0.4, 0.5) is 0 Å². The number of rotatable bonds is 12.